The van der Waals surface area contributed by atoms with Gasteiger partial charge in [-0.25, -0.2) is 9.18 Å². The lowest BCUT2D eigenvalue weighted by Gasteiger charge is -2.16. The standard InChI is InChI=1S/C20H25FN2O4/c1-5-26-20(25)18-13(2)19(22-14(18)3)17(24)12-23(4)10-11-27-16-8-6-15(21)7-9-16/h6-9,22H,5,10-12H2,1-4H3. The summed E-state index contributed by atoms with van der Waals surface area (Å²) < 4.78 is 23.4. The van der Waals surface area contributed by atoms with E-state index in [2.05, 4.69) is 4.98 Å². The molecule has 0 radical (unpaired) electrons. The third-order valence-electron chi connectivity index (χ3n) is 4.16. The van der Waals surface area contributed by atoms with Crippen molar-refractivity contribution >= 4 is 11.8 Å². The zero-order valence-corrected chi connectivity index (χ0v) is 16.1. The van der Waals surface area contributed by atoms with E-state index in [1.54, 1.807) is 32.9 Å². The maximum absolute atomic E-state index is 12.9. The van der Waals surface area contributed by atoms with Gasteiger partial charge in [-0.3, -0.25) is 9.69 Å². The number of aryl methyl sites for hydroxylation is 1. The van der Waals surface area contributed by atoms with Crippen molar-refractivity contribution in [1.29, 1.82) is 0 Å². The number of Topliss-reactive ketones (excluding diaryl/α,β-unsaturated/α-hetero) is 1. The highest BCUT2D eigenvalue weighted by atomic mass is 19.1. The maximum atomic E-state index is 12.9. The first-order valence-electron chi connectivity index (χ1n) is 8.79. The molecule has 1 heterocycles. The topological polar surface area (TPSA) is 71.6 Å². The van der Waals surface area contributed by atoms with Gasteiger partial charge in [0.25, 0.3) is 0 Å². The molecule has 146 valence electrons. The van der Waals surface area contributed by atoms with Crippen LogP contribution in [0.5, 0.6) is 5.75 Å². The zero-order chi connectivity index (χ0) is 20.0. The van der Waals surface area contributed by atoms with E-state index in [0.29, 0.717) is 41.4 Å². The van der Waals surface area contributed by atoms with Crippen molar-refractivity contribution in [3.05, 3.63) is 52.6 Å². The molecule has 7 heteroatoms. The molecule has 0 fully saturated rings. The molecule has 1 N–H and O–H groups in total. The number of aromatic nitrogens is 1. The van der Waals surface area contributed by atoms with E-state index in [0.717, 1.165) is 0 Å². The zero-order valence-electron chi connectivity index (χ0n) is 16.1. The number of carbonyl (C=O) groups excluding carboxylic acids is 2. The largest absolute Gasteiger partial charge is 0.492 e. The Morgan fingerprint density at radius 2 is 1.85 bits per heavy atom. The molecule has 0 amide bonds. The van der Waals surface area contributed by atoms with Crippen molar-refractivity contribution in [3.8, 4) is 5.75 Å². The van der Waals surface area contributed by atoms with Crippen LogP contribution < -0.4 is 4.74 Å². The Labute approximate surface area is 158 Å². The van der Waals surface area contributed by atoms with Crippen LogP contribution in [0.4, 0.5) is 4.39 Å². The van der Waals surface area contributed by atoms with Crippen molar-refractivity contribution in [2.75, 3.05) is 33.4 Å². The second kappa shape index (κ2) is 9.32. The molecule has 0 saturated heterocycles. The predicted octanol–water partition coefficient (Wildman–Crippen LogP) is 3.14. The number of ether oxygens (including phenoxy) is 2. The molecule has 0 unspecified atom stereocenters. The molecule has 2 rings (SSSR count). The van der Waals surface area contributed by atoms with E-state index < -0.39 is 5.97 Å². The van der Waals surface area contributed by atoms with Gasteiger partial charge in [0.15, 0.2) is 5.78 Å². The van der Waals surface area contributed by atoms with Crippen molar-refractivity contribution in [3.63, 3.8) is 0 Å². The summed E-state index contributed by atoms with van der Waals surface area (Å²) in [5, 5.41) is 0. The summed E-state index contributed by atoms with van der Waals surface area (Å²) in [7, 11) is 1.81. The quantitative estimate of drug-likeness (QED) is 0.538. The molecule has 0 atom stereocenters. The van der Waals surface area contributed by atoms with Gasteiger partial charge >= 0.3 is 5.97 Å². The van der Waals surface area contributed by atoms with Gasteiger partial charge < -0.3 is 14.5 Å². The average molecular weight is 376 g/mol. The van der Waals surface area contributed by atoms with E-state index in [-0.39, 0.29) is 24.8 Å². The maximum Gasteiger partial charge on any atom is 0.340 e. The molecule has 1 aromatic heterocycles. The number of hydrogen-bond acceptors (Lipinski definition) is 5. The lowest BCUT2D eigenvalue weighted by molar-refractivity contribution is 0.0525. The van der Waals surface area contributed by atoms with Crippen LogP contribution in [-0.4, -0.2) is 55.0 Å². The summed E-state index contributed by atoms with van der Waals surface area (Å²) in [4.78, 5) is 29.4. The average Bonchev–Trinajstić information content (AvgIpc) is 2.91. The second-order valence-corrected chi connectivity index (χ2v) is 6.31. The number of likely N-dealkylation sites (N-methyl/N-ethyl adjacent to an activating group) is 1. The Morgan fingerprint density at radius 3 is 2.48 bits per heavy atom. The number of esters is 1. The van der Waals surface area contributed by atoms with Gasteiger partial charge in [0, 0.05) is 12.2 Å². The van der Waals surface area contributed by atoms with Crippen LogP contribution in [0.1, 0.15) is 39.0 Å². The second-order valence-electron chi connectivity index (χ2n) is 6.31. The van der Waals surface area contributed by atoms with Gasteiger partial charge in [0.05, 0.1) is 24.4 Å². The number of aromatic amines is 1. The van der Waals surface area contributed by atoms with Gasteiger partial charge in [-0.1, -0.05) is 0 Å². The van der Waals surface area contributed by atoms with Gasteiger partial charge in [-0.05, 0) is 57.6 Å². The van der Waals surface area contributed by atoms with Crippen LogP contribution in [0, 0.1) is 19.7 Å². The van der Waals surface area contributed by atoms with Crippen molar-refractivity contribution < 1.29 is 23.5 Å². The lowest BCUT2D eigenvalue weighted by atomic mass is 10.1. The van der Waals surface area contributed by atoms with Crippen molar-refractivity contribution in [1.82, 2.24) is 9.88 Å². The number of rotatable bonds is 9. The summed E-state index contributed by atoms with van der Waals surface area (Å²) in [6.07, 6.45) is 0. The molecule has 0 aliphatic heterocycles. The van der Waals surface area contributed by atoms with E-state index in [1.165, 1.54) is 12.1 Å². The van der Waals surface area contributed by atoms with Crippen LogP contribution in [0.25, 0.3) is 0 Å². The first kappa shape index (κ1) is 20.6. The number of nitrogens with zero attached hydrogens (tertiary/aromatic N) is 1. The number of hydrogen-bond donors (Lipinski definition) is 1. The summed E-state index contributed by atoms with van der Waals surface area (Å²) >= 11 is 0. The van der Waals surface area contributed by atoms with Crippen molar-refractivity contribution in [2.45, 2.75) is 20.8 Å². The van der Waals surface area contributed by atoms with Crippen LogP contribution in [0.15, 0.2) is 24.3 Å². The molecule has 1 aromatic carbocycles. The SMILES string of the molecule is CCOC(=O)c1c(C)[nH]c(C(=O)CN(C)CCOc2ccc(F)cc2)c1C. The van der Waals surface area contributed by atoms with Gasteiger partial charge in [-0.15, -0.1) is 0 Å². The Bertz CT molecular complexity index is 799. The first-order chi connectivity index (χ1) is 12.8. The van der Waals surface area contributed by atoms with E-state index in [1.807, 2.05) is 11.9 Å². The van der Waals surface area contributed by atoms with Crippen LogP contribution in [0.2, 0.25) is 0 Å². The smallest absolute Gasteiger partial charge is 0.340 e. The van der Waals surface area contributed by atoms with E-state index >= 15 is 0 Å². The first-order valence-corrected chi connectivity index (χ1v) is 8.79. The fourth-order valence-corrected chi connectivity index (χ4v) is 2.79. The molecule has 6 nitrogen and oxygen atoms in total. The minimum Gasteiger partial charge on any atom is -0.492 e. The highest BCUT2D eigenvalue weighted by Crippen LogP contribution is 2.19. The van der Waals surface area contributed by atoms with Crippen molar-refractivity contribution in [2.24, 2.45) is 0 Å². The van der Waals surface area contributed by atoms with E-state index in [9.17, 15) is 14.0 Å². The van der Waals surface area contributed by atoms with Gasteiger partial charge in [0.1, 0.15) is 18.2 Å². The number of nitrogens with one attached hydrogen (secondary N) is 1. The summed E-state index contributed by atoms with van der Waals surface area (Å²) in [5.74, 6) is -0.283. The fourth-order valence-electron chi connectivity index (χ4n) is 2.79. The molecule has 2 aromatic rings. The molecule has 27 heavy (non-hydrogen) atoms. The van der Waals surface area contributed by atoms with Crippen LogP contribution in [0.3, 0.4) is 0 Å². The Morgan fingerprint density at radius 1 is 1.19 bits per heavy atom. The third kappa shape index (κ3) is 5.40. The Balaban J connectivity index is 1.91. The fraction of sp³-hybridized carbons (Fsp3) is 0.400. The third-order valence-corrected chi connectivity index (χ3v) is 4.16. The lowest BCUT2D eigenvalue weighted by Crippen LogP contribution is -2.30. The molecule has 0 aliphatic rings. The molecule has 0 spiro atoms. The molecule has 0 aliphatic carbocycles. The monoisotopic (exact) mass is 376 g/mol. The van der Waals surface area contributed by atoms with Crippen LogP contribution >= 0.6 is 0 Å². The number of benzene rings is 1. The van der Waals surface area contributed by atoms with Crippen LogP contribution in [-0.2, 0) is 4.74 Å². The number of carbonyl (C=O) groups is 2. The molecule has 0 bridgehead atoms. The summed E-state index contributed by atoms with van der Waals surface area (Å²) in [5.41, 5.74) is 2.06. The highest BCUT2D eigenvalue weighted by molar-refractivity contribution is 6.02. The number of ketones is 1. The highest BCUT2D eigenvalue weighted by Gasteiger charge is 2.23. The van der Waals surface area contributed by atoms with Gasteiger partial charge in [0.2, 0.25) is 0 Å². The number of halogens is 1. The summed E-state index contributed by atoms with van der Waals surface area (Å²) in [6, 6.07) is 5.78. The van der Waals surface area contributed by atoms with Gasteiger partial charge in [-0.2, -0.15) is 0 Å². The normalized spacial score (nSPS) is 10.9. The minimum atomic E-state index is -0.427. The Kier molecular flexibility index (Phi) is 7.12. The number of H-pyrrole nitrogens is 1. The Hall–Kier alpha value is -2.67. The molecule has 0 saturated carbocycles. The minimum absolute atomic E-state index is 0.115. The van der Waals surface area contributed by atoms with E-state index in [4.69, 9.17) is 9.47 Å². The molecular formula is C20H25FN2O4. The summed E-state index contributed by atoms with van der Waals surface area (Å²) in [6.45, 7) is 6.57. The predicted molar refractivity (Wildman–Crippen MR) is 99.9 cm³/mol. The molecular weight excluding hydrogens is 351 g/mol.